The van der Waals surface area contributed by atoms with Crippen LogP contribution in [0.15, 0.2) is 71.9 Å². The van der Waals surface area contributed by atoms with Crippen LogP contribution in [0.5, 0.6) is 34.5 Å². The molecule has 4 aromatic rings. The zero-order valence-electron chi connectivity index (χ0n) is 23.4. The second-order valence-electron chi connectivity index (χ2n) is 9.28. The molecule has 1 aliphatic heterocycles. The molecule has 1 unspecified atom stereocenters. The van der Waals surface area contributed by atoms with E-state index in [4.69, 9.17) is 33.3 Å². The minimum Gasteiger partial charge on any atom is -0.496 e. The summed E-state index contributed by atoms with van der Waals surface area (Å²) in [7, 11) is 8.04. The maximum absolute atomic E-state index is 6.17. The van der Waals surface area contributed by atoms with E-state index in [-0.39, 0.29) is 6.10 Å². The number of rotatable bonds is 11. The van der Waals surface area contributed by atoms with Crippen molar-refractivity contribution in [2.24, 2.45) is 5.16 Å². The second-order valence-corrected chi connectivity index (χ2v) is 9.28. The van der Waals surface area contributed by atoms with Gasteiger partial charge in [-0.1, -0.05) is 53.7 Å². The van der Waals surface area contributed by atoms with Crippen molar-refractivity contribution < 1.29 is 33.3 Å². The van der Waals surface area contributed by atoms with Gasteiger partial charge in [0.1, 0.15) is 29.6 Å². The lowest BCUT2D eigenvalue weighted by atomic mass is 9.95. The van der Waals surface area contributed by atoms with Crippen molar-refractivity contribution in [1.29, 1.82) is 0 Å². The highest BCUT2D eigenvalue weighted by molar-refractivity contribution is 6.05. The molecule has 8 heteroatoms. The van der Waals surface area contributed by atoms with Crippen LogP contribution >= 0.6 is 0 Å². The third-order valence-electron chi connectivity index (χ3n) is 6.98. The van der Waals surface area contributed by atoms with Crippen molar-refractivity contribution in [2.45, 2.75) is 25.6 Å². The molecule has 1 aliphatic rings. The van der Waals surface area contributed by atoms with Crippen molar-refractivity contribution >= 4 is 16.5 Å². The summed E-state index contributed by atoms with van der Waals surface area (Å²) in [4.78, 5) is 5.92. The number of nitrogens with zero attached hydrogens (tertiary/aromatic N) is 1. The summed E-state index contributed by atoms with van der Waals surface area (Å²) >= 11 is 0. The highest BCUT2D eigenvalue weighted by atomic mass is 16.6. The summed E-state index contributed by atoms with van der Waals surface area (Å²) in [5.74, 6) is 3.68. The molecule has 8 nitrogen and oxygen atoms in total. The van der Waals surface area contributed by atoms with Gasteiger partial charge in [0.05, 0.1) is 52.0 Å². The first-order valence-electron chi connectivity index (χ1n) is 13.0. The van der Waals surface area contributed by atoms with E-state index in [9.17, 15) is 0 Å². The molecule has 40 heavy (non-hydrogen) atoms. The van der Waals surface area contributed by atoms with Gasteiger partial charge in [0.15, 0.2) is 17.6 Å². The summed E-state index contributed by atoms with van der Waals surface area (Å²) in [5.41, 5.74) is 3.82. The lowest BCUT2D eigenvalue weighted by molar-refractivity contribution is 0.0827. The third kappa shape index (κ3) is 5.17. The van der Waals surface area contributed by atoms with E-state index in [0.717, 1.165) is 33.5 Å². The van der Waals surface area contributed by atoms with Crippen molar-refractivity contribution in [1.82, 2.24) is 0 Å². The van der Waals surface area contributed by atoms with Crippen LogP contribution < -0.4 is 28.4 Å². The summed E-state index contributed by atoms with van der Waals surface area (Å²) in [6.07, 6.45) is 0.851. The number of oxime groups is 1. The summed E-state index contributed by atoms with van der Waals surface area (Å²) in [6, 6.07) is 21.7. The van der Waals surface area contributed by atoms with Crippen molar-refractivity contribution in [3.05, 3.63) is 83.4 Å². The number of methoxy groups -OCH3 is 5. The van der Waals surface area contributed by atoms with E-state index in [0.29, 0.717) is 53.6 Å². The number of hydrogen-bond acceptors (Lipinski definition) is 8. The molecule has 208 valence electrons. The van der Waals surface area contributed by atoms with E-state index in [1.54, 1.807) is 41.6 Å². The van der Waals surface area contributed by atoms with Crippen LogP contribution in [-0.2, 0) is 17.9 Å². The fraction of sp³-hybridized carbons (Fsp3) is 0.281. The summed E-state index contributed by atoms with van der Waals surface area (Å²) in [6.45, 7) is 0.475. The summed E-state index contributed by atoms with van der Waals surface area (Å²) in [5, 5.41) is 5.88. The quantitative estimate of drug-likeness (QED) is 0.213. The molecule has 0 bridgehead atoms. The average Bonchev–Trinajstić information content (AvgIpc) is 3.47. The predicted octanol–water partition coefficient (Wildman–Crippen LogP) is 6.52. The van der Waals surface area contributed by atoms with Crippen LogP contribution in [0.25, 0.3) is 10.8 Å². The van der Waals surface area contributed by atoms with Gasteiger partial charge in [0.2, 0.25) is 0 Å². The minimum atomic E-state index is -0.255. The Morgan fingerprint density at radius 3 is 2.05 bits per heavy atom. The second kappa shape index (κ2) is 12.1. The maximum atomic E-state index is 6.17. The molecular formula is C32H33NO7. The number of para-hydroxylation sites is 1. The van der Waals surface area contributed by atoms with Gasteiger partial charge in [-0.05, 0) is 17.7 Å². The van der Waals surface area contributed by atoms with Gasteiger partial charge in [0, 0.05) is 30.0 Å². The molecule has 5 rings (SSSR count). The van der Waals surface area contributed by atoms with E-state index < -0.39 is 0 Å². The molecule has 0 spiro atoms. The molecule has 0 aliphatic carbocycles. The van der Waals surface area contributed by atoms with Gasteiger partial charge in [0.25, 0.3) is 0 Å². The molecule has 1 atom stereocenters. The first kappa shape index (κ1) is 27.0. The highest BCUT2D eigenvalue weighted by Gasteiger charge is 2.29. The fourth-order valence-electron chi connectivity index (χ4n) is 5.11. The number of benzene rings is 4. The number of fused-ring (bicyclic) bond motifs is 1. The number of ether oxygens (including phenoxy) is 6. The van der Waals surface area contributed by atoms with Crippen molar-refractivity contribution in [3.8, 4) is 34.5 Å². The van der Waals surface area contributed by atoms with E-state index in [1.807, 2.05) is 60.7 Å². The Bertz CT molecular complexity index is 1520. The molecular weight excluding hydrogens is 510 g/mol. The lowest BCUT2D eigenvalue weighted by Crippen LogP contribution is -2.07. The van der Waals surface area contributed by atoms with Crippen LogP contribution in [0, 0.1) is 0 Å². The molecule has 0 N–H and O–H groups in total. The Labute approximate surface area is 234 Å². The van der Waals surface area contributed by atoms with Gasteiger partial charge in [-0.15, -0.1) is 0 Å². The molecule has 0 saturated carbocycles. The smallest absolute Gasteiger partial charge is 0.172 e. The molecule has 0 radical (unpaired) electrons. The normalized spacial score (nSPS) is 14.3. The standard InChI is InChI=1S/C32H33NO7/c1-34-26-16-21(31(37-4)29-27(35-2)18-28(36-3)32(38-5)30(26)29)15-22-17-25(40-33-22)23-13-9-10-14-24(23)39-19-20-11-7-6-8-12-20/h6-14,16,18,25H,15,17,19H2,1-5H3. The predicted molar refractivity (Wildman–Crippen MR) is 154 cm³/mol. The van der Waals surface area contributed by atoms with Crippen molar-refractivity contribution in [2.75, 3.05) is 35.5 Å². The Morgan fingerprint density at radius 2 is 1.35 bits per heavy atom. The maximum Gasteiger partial charge on any atom is 0.172 e. The average molecular weight is 544 g/mol. The molecule has 1 heterocycles. The monoisotopic (exact) mass is 543 g/mol. The topological polar surface area (TPSA) is 77.0 Å². The van der Waals surface area contributed by atoms with Crippen LogP contribution in [0.3, 0.4) is 0 Å². The SMILES string of the molecule is COc1cc(OC)c2c(OC)c(CC3=NOC(c4ccccc4OCc4ccccc4)C3)cc(OC)c2c1OC. The highest BCUT2D eigenvalue weighted by Crippen LogP contribution is 2.51. The van der Waals surface area contributed by atoms with Crippen LogP contribution in [0.1, 0.15) is 29.2 Å². The zero-order valence-corrected chi connectivity index (χ0v) is 23.4. The Balaban J connectivity index is 1.43. The minimum absolute atomic E-state index is 0.255. The van der Waals surface area contributed by atoms with Gasteiger partial charge in [-0.25, -0.2) is 0 Å². The molecule has 0 saturated heterocycles. The zero-order chi connectivity index (χ0) is 28.1. The fourth-order valence-corrected chi connectivity index (χ4v) is 5.11. The first-order valence-corrected chi connectivity index (χ1v) is 13.0. The van der Waals surface area contributed by atoms with Gasteiger partial charge in [-0.2, -0.15) is 0 Å². The van der Waals surface area contributed by atoms with Crippen molar-refractivity contribution in [3.63, 3.8) is 0 Å². The number of hydrogen-bond donors (Lipinski definition) is 0. The van der Waals surface area contributed by atoms with E-state index >= 15 is 0 Å². The summed E-state index contributed by atoms with van der Waals surface area (Å²) < 4.78 is 34.9. The first-order chi connectivity index (χ1) is 19.6. The van der Waals surface area contributed by atoms with Crippen LogP contribution in [-0.4, -0.2) is 41.3 Å². The molecule has 0 fully saturated rings. The van der Waals surface area contributed by atoms with E-state index in [1.165, 1.54) is 0 Å². The van der Waals surface area contributed by atoms with Gasteiger partial charge < -0.3 is 33.3 Å². The largest absolute Gasteiger partial charge is 0.496 e. The molecule has 0 amide bonds. The Kier molecular flexibility index (Phi) is 8.15. The Morgan fingerprint density at radius 1 is 0.700 bits per heavy atom. The molecule has 0 aromatic heterocycles. The third-order valence-corrected chi connectivity index (χ3v) is 6.98. The van der Waals surface area contributed by atoms with E-state index in [2.05, 4.69) is 5.16 Å². The lowest BCUT2D eigenvalue weighted by Gasteiger charge is -2.20. The van der Waals surface area contributed by atoms with Crippen LogP contribution in [0.4, 0.5) is 0 Å². The van der Waals surface area contributed by atoms with Gasteiger partial charge in [-0.3, -0.25) is 0 Å². The van der Waals surface area contributed by atoms with Gasteiger partial charge >= 0.3 is 0 Å². The molecule has 4 aromatic carbocycles. The van der Waals surface area contributed by atoms with Crippen LogP contribution in [0.2, 0.25) is 0 Å². The Hall–Kier alpha value is -4.59.